The van der Waals surface area contributed by atoms with Crippen LogP contribution in [0.15, 0.2) is 83.3 Å². The Bertz CT molecular complexity index is 908. The van der Waals surface area contributed by atoms with Crippen LogP contribution in [0.1, 0.15) is 11.1 Å². The quantitative estimate of drug-likeness (QED) is 0.441. The molecule has 1 N–H and O–H groups in total. The van der Waals surface area contributed by atoms with Crippen LogP contribution in [0.25, 0.3) is 11.6 Å². The third-order valence-corrected chi connectivity index (χ3v) is 4.11. The first-order valence-electron chi connectivity index (χ1n) is 7.72. The van der Waals surface area contributed by atoms with Crippen LogP contribution in [-0.4, -0.2) is 5.91 Å². The molecule has 3 rings (SSSR count). The number of rotatable bonds is 4. The predicted molar refractivity (Wildman–Crippen MR) is 103 cm³/mol. The Hall–Kier alpha value is -2.72. The molecule has 25 heavy (non-hydrogen) atoms. The molecular weight excluding hydrogens is 381 g/mol. The number of hydrogen-bond acceptors (Lipinski definition) is 1. The van der Waals surface area contributed by atoms with Crippen LogP contribution >= 0.6 is 15.9 Å². The van der Waals surface area contributed by atoms with Crippen molar-refractivity contribution in [1.82, 2.24) is 0 Å². The van der Waals surface area contributed by atoms with Crippen LogP contribution in [-0.2, 0) is 4.79 Å². The maximum absolute atomic E-state index is 14.0. The lowest BCUT2D eigenvalue weighted by molar-refractivity contribution is -0.111. The van der Waals surface area contributed by atoms with Gasteiger partial charge >= 0.3 is 0 Å². The van der Waals surface area contributed by atoms with Gasteiger partial charge in [-0.25, -0.2) is 4.39 Å². The lowest BCUT2D eigenvalue weighted by atomic mass is 10.0. The number of benzene rings is 3. The summed E-state index contributed by atoms with van der Waals surface area (Å²) in [5, 5.41) is 2.65. The number of anilines is 1. The second-order valence-corrected chi connectivity index (χ2v) is 6.33. The van der Waals surface area contributed by atoms with Crippen LogP contribution in [0, 0.1) is 5.82 Å². The molecule has 0 radical (unpaired) electrons. The molecule has 0 aliphatic carbocycles. The van der Waals surface area contributed by atoms with E-state index in [9.17, 15) is 9.18 Å². The number of nitrogens with one attached hydrogen (secondary N) is 1. The Morgan fingerprint density at radius 1 is 0.920 bits per heavy atom. The van der Waals surface area contributed by atoms with Gasteiger partial charge in [0.1, 0.15) is 5.82 Å². The molecule has 2 nitrogen and oxygen atoms in total. The summed E-state index contributed by atoms with van der Waals surface area (Å²) in [6.07, 6.45) is 1.79. The molecule has 0 unspecified atom stereocenters. The van der Waals surface area contributed by atoms with E-state index in [1.807, 2.05) is 60.7 Å². The number of amides is 1. The van der Waals surface area contributed by atoms with E-state index in [0.29, 0.717) is 10.0 Å². The molecule has 1 amide bonds. The fourth-order valence-electron chi connectivity index (χ4n) is 2.39. The van der Waals surface area contributed by atoms with Crippen LogP contribution in [0.2, 0.25) is 0 Å². The molecule has 0 aliphatic rings. The molecule has 0 fully saturated rings. The van der Waals surface area contributed by atoms with E-state index >= 15 is 0 Å². The highest BCUT2D eigenvalue weighted by molar-refractivity contribution is 9.10. The molecule has 0 aliphatic heterocycles. The van der Waals surface area contributed by atoms with E-state index in [0.717, 1.165) is 11.1 Å². The third-order valence-electron chi connectivity index (χ3n) is 3.62. The van der Waals surface area contributed by atoms with Gasteiger partial charge in [0.2, 0.25) is 0 Å². The highest BCUT2D eigenvalue weighted by Gasteiger charge is 2.14. The Morgan fingerprint density at radius 2 is 1.56 bits per heavy atom. The summed E-state index contributed by atoms with van der Waals surface area (Å²) in [5.41, 5.74) is 2.27. The molecule has 0 heterocycles. The van der Waals surface area contributed by atoms with Crippen LogP contribution < -0.4 is 5.32 Å². The van der Waals surface area contributed by atoms with Crippen molar-refractivity contribution in [2.45, 2.75) is 0 Å². The predicted octanol–water partition coefficient (Wildman–Crippen LogP) is 5.77. The minimum atomic E-state index is -0.491. The zero-order valence-corrected chi connectivity index (χ0v) is 14.8. The second kappa shape index (κ2) is 7.90. The zero-order chi connectivity index (χ0) is 17.6. The van der Waals surface area contributed by atoms with Gasteiger partial charge in [-0.05, 0) is 35.4 Å². The number of carbonyl (C=O) groups excluding carboxylic acids is 1. The standard InChI is InChI=1S/C21H15BrFNO/c22-17-11-12-20(19(23)14-17)24-21(25)18(16-9-5-2-6-10-16)13-15-7-3-1-4-8-15/h1-14H,(H,24,25)/b18-13+. The highest BCUT2D eigenvalue weighted by Crippen LogP contribution is 2.23. The highest BCUT2D eigenvalue weighted by atomic mass is 79.9. The van der Waals surface area contributed by atoms with E-state index in [4.69, 9.17) is 0 Å². The number of halogens is 2. The lowest BCUT2D eigenvalue weighted by Crippen LogP contribution is -2.14. The first kappa shape index (κ1) is 17.1. The summed E-state index contributed by atoms with van der Waals surface area (Å²) in [6, 6.07) is 23.4. The Morgan fingerprint density at radius 3 is 2.20 bits per heavy atom. The summed E-state index contributed by atoms with van der Waals surface area (Å²) >= 11 is 3.21. The van der Waals surface area contributed by atoms with E-state index in [2.05, 4.69) is 21.2 Å². The van der Waals surface area contributed by atoms with Crippen molar-refractivity contribution in [3.05, 3.63) is 100 Å². The van der Waals surface area contributed by atoms with Crippen molar-refractivity contribution < 1.29 is 9.18 Å². The van der Waals surface area contributed by atoms with Crippen LogP contribution in [0.3, 0.4) is 0 Å². The first-order valence-corrected chi connectivity index (χ1v) is 8.51. The maximum Gasteiger partial charge on any atom is 0.256 e. The summed E-state index contributed by atoms with van der Waals surface area (Å²) in [6.45, 7) is 0. The molecule has 0 bridgehead atoms. The van der Waals surface area contributed by atoms with Crippen LogP contribution in [0.5, 0.6) is 0 Å². The molecule has 0 atom stereocenters. The summed E-state index contributed by atoms with van der Waals surface area (Å²) in [7, 11) is 0. The van der Waals surface area contributed by atoms with E-state index in [1.54, 1.807) is 12.1 Å². The van der Waals surface area contributed by atoms with Gasteiger partial charge in [0, 0.05) is 10.0 Å². The molecule has 124 valence electrons. The van der Waals surface area contributed by atoms with Crippen molar-refractivity contribution in [3.8, 4) is 0 Å². The maximum atomic E-state index is 14.0. The molecular formula is C21H15BrFNO. The molecule has 3 aromatic carbocycles. The minimum absolute atomic E-state index is 0.142. The van der Waals surface area contributed by atoms with Crippen molar-refractivity contribution >= 4 is 39.2 Å². The van der Waals surface area contributed by atoms with Crippen molar-refractivity contribution in [3.63, 3.8) is 0 Å². The Balaban J connectivity index is 1.97. The number of hydrogen-bond donors (Lipinski definition) is 1. The van der Waals surface area contributed by atoms with Crippen molar-refractivity contribution in [2.75, 3.05) is 5.32 Å². The topological polar surface area (TPSA) is 29.1 Å². The van der Waals surface area contributed by atoms with Crippen molar-refractivity contribution in [1.29, 1.82) is 0 Å². The molecule has 3 aromatic rings. The van der Waals surface area contributed by atoms with Gasteiger partial charge in [-0.3, -0.25) is 4.79 Å². The smallest absolute Gasteiger partial charge is 0.256 e. The molecule has 0 saturated heterocycles. The third kappa shape index (κ3) is 4.43. The Labute approximate surface area is 154 Å². The summed E-state index contributed by atoms with van der Waals surface area (Å²) in [5.74, 6) is -0.855. The van der Waals surface area contributed by atoms with Gasteiger partial charge in [0.05, 0.1) is 5.69 Å². The van der Waals surface area contributed by atoms with Crippen LogP contribution in [0.4, 0.5) is 10.1 Å². The lowest BCUT2D eigenvalue weighted by Gasteiger charge is -2.11. The average molecular weight is 396 g/mol. The molecule has 0 aromatic heterocycles. The van der Waals surface area contributed by atoms with Gasteiger partial charge in [-0.2, -0.15) is 0 Å². The van der Waals surface area contributed by atoms with E-state index in [-0.39, 0.29) is 11.6 Å². The van der Waals surface area contributed by atoms with Gasteiger partial charge in [0.15, 0.2) is 0 Å². The largest absolute Gasteiger partial charge is 0.319 e. The zero-order valence-electron chi connectivity index (χ0n) is 13.2. The van der Waals surface area contributed by atoms with Gasteiger partial charge in [-0.15, -0.1) is 0 Å². The fourth-order valence-corrected chi connectivity index (χ4v) is 2.73. The van der Waals surface area contributed by atoms with Crippen molar-refractivity contribution in [2.24, 2.45) is 0 Å². The van der Waals surface area contributed by atoms with E-state index < -0.39 is 5.82 Å². The molecule has 0 spiro atoms. The minimum Gasteiger partial charge on any atom is -0.319 e. The van der Waals surface area contributed by atoms with E-state index in [1.165, 1.54) is 12.1 Å². The summed E-state index contributed by atoms with van der Waals surface area (Å²) in [4.78, 5) is 12.8. The normalized spacial score (nSPS) is 11.2. The fraction of sp³-hybridized carbons (Fsp3) is 0. The number of carbonyl (C=O) groups is 1. The second-order valence-electron chi connectivity index (χ2n) is 5.41. The molecule has 4 heteroatoms. The first-order chi connectivity index (χ1) is 12.1. The Kier molecular flexibility index (Phi) is 5.41. The SMILES string of the molecule is O=C(Nc1ccc(Br)cc1F)/C(=C/c1ccccc1)c1ccccc1. The van der Waals surface area contributed by atoms with Gasteiger partial charge in [-0.1, -0.05) is 76.6 Å². The monoisotopic (exact) mass is 395 g/mol. The summed E-state index contributed by atoms with van der Waals surface area (Å²) < 4.78 is 14.7. The van der Waals surface area contributed by atoms with Gasteiger partial charge < -0.3 is 5.32 Å². The molecule has 0 saturated carbocycles. The van der Waals surface area contributed by atoms with Gasteiger partial charge in [0.25, 0.3) is 5.91 Å². The average Bonchev–Trinajstić information content (AvgIpc) is 2.63.